The number of morpholine rings is 1. The standard InChI is InChI=1S/C23H26FN5O3/c1-14-12-29(13-15(2)32-14)23-26-11-19(24)21(28-23)27-20-9-17(10-25-22(20)31-4)16-5-7-18(30-3)8-6-16/h5-11,14-15H,12-13H2,1-4H3,(H,26,27,28)/t14-,15+. The van der Waals surface area contributed by atoms with E-state index in [1.165, 1.54) is 13.3 Å². The lowest BCUT2D eigenvalue weighted by atomic mass is 10.1. The lowest BCUT2D eigenvalue weighted by molar-refractivity contribution is -0.00572. The van der Waals surface area contributed by atoms with Crippen LogP contribution in [0.4, 0.5) is 21.8 Å². The summed E-state index contributed by atoms with van der Waals surface area (Å²) in [7, 11) is 3.13. The predicted octanol–water partition coefficient (Wildman–Crippen LogP) is 4.05. The molecule has 0 saturated carbocycles. The van der Waals surface area contributed by atoms with E-state index in [1.54, 1.807) is 13.3 Å². The highest BCUT2D eigenvalue weighted by Crippen LogP contribution is 2.32. The van der Waals surface area contributed by atoms with Gasteiger partial charge in [-0.25, -0.2) is 14.4 Å². The summed E-state index contributed by atoms with van der Waals surface area (Å²) in [5, 5.41) is 3.03. The van der Waals surface area contributed by atoms with Crippen LogP contribution in [-0.4, -0.2) is 54.5 Å². The number of benzene rings is 1. The highest BCUT2D eigenvalue weighted by atomic mass is 19.1. The second kappa shape index (κ2) is 9.35. The van der Waals surface area contributed by atoms with E-state index in [-0.39, 0.29) is 18.0 Å². The van der Waals surface area contributed by atoms with Crippen LogP contribution in [0.25, 0.3) is 11.1 Å². The Labute approximate surface area is 186 Å². The fraction of sp³-hybridized carbons (Fsp3) is 0.348. The highest BCUT2D eigenvalue weighted by molar-refractivity contribution is 5.72. The van der Waals surface area contributed by atoms with Gasteiger partial charge in [-0.1, -0.05) is 12.1 Å². The molecule has 3 aromatic rings. The number of pyridine rings is 1. The molecule has 32 heavy (non-hydrogen) atoms. The van der Waals surface area contributed by atoms with Gasteiger partial charge in [-0.05, 0) is 37.6 Å². The van der Waals surface area contributed by atoms with E-state index in [0.717, 1.165) is 16.9 Å². The van der Waals surface area contributed by atoms with Crippen LogP contribution in [0.5, 0.6) is 11.6 Å². The molecule has 0 radical (unpaired) electrons. The van der Waals surface area contributed by atoms with Gasteiger partial charge >= 0.3 is 0 Å². The molecule has 4 rings (SSSR count). The molecule has 8 nitrogen and oxygen atoms in total. The number of aromatic nitrogens is 3. The number of nitrogens with one attached hydrogen (secondary N) is 1. The summed E-state index contributed by atoms with van der Waals surface area (Å²) in [5.41, 5.74) is 2.26. The van der Waals surface area contributed by atoms with Crippen molar-refractivity contribution in [3.63, 3.8) is 0 Å². The zero-order valence-corrected chi connectivity index (χ0v) is 18.5. The van der Waals surface area contributed by atoms with E-state index >= 15 is 0 Å². The molecule has 1 aromatic carbocycles. The van der Waals surface area contributed by atoms with Crippen molar-refractivity contribution < 1.29 is 18.6 Å². The third kappa shape index (κ3) is 4.72. The second-order valence-corrected chi connectivity index (χ2v) is 7.66. The number of halogens is 1. The van der Waals surface area contributed by atoms with Crippen molar-refractivity contribution in [2.75, 3.05) is 37.5 Å². The van der Waals surface area contributed by atoms with E-state index in [0.29, 0.717) is 30.6 Å². The topological polar surface area (TPSA) is 81.6 Å². The fourth-order valence-corrected chi connectivity index (χ4v) is 3.71. The number of nitrogens with zero attached hydrogens (tertiary/aromatic N) is 4. The summed E-state index contributed by atoms with van der Waals surface area (Å²) in [6.07, 6.45) is 2.94. The van der Waals surface area contributed by atoms with Crippen molar-refractivity contribution in [3.05, 3.63) is 48.5 Å². The van der Waals surface area contributed by atoms with Gasteiger partial charge in [0, 0.05) is 24.8 Å². The molecule has 1 aliphatic rings. The number of hydrogen-bond acceptors (Lipinski definition) is 8. The zero-order chi connectivity index (χ0) is 22.7. The molecule has 2 aromatic heterocycles. The van der Waals surface area contributed by atoms with Gasteiger partial charge in [0.1, 0.15) is 11.4 Å². The van der Waals surface area contributed by atoms with Crippen LogP contribution in [0.3, 0.4) is 0 Å². The molecule has 3 heterocycles. The minimum Gasteiger partial charge on any atom is -0.497 e. The summed E-state index contributed by atoms with van der Waals surface area (Å²) >= 11 is 0. The fourth-order valence-electron chi connectivity index (χ4n) is 3.71. The largest absolute Gasteiger partial charge is 0.497 e. The van der Waals surface area contributed by atoms with Crippen molar-refractivity contribution in [3.8, 4) is 22.8 Å². The Hall–Kier alpha value is -3.46. The first kappa shape index (κ1) is 21.8. The average molecular weight is 439 g/mol. The van der Waals surface area contributed by atoms with Crippen LogP contribution in [0, 0.1) is 5.82 Å². The molecule has 1 N–H and O–H groups in total. The van der Waals surface area contributed by atoms with Crippen molar-refractivity contribution in [1.82, 2.24) is 15.0 Å². The molecule has 0 amide bonds. The smallest absolute Gasteiger partial charge is 0.237 e. The molecule has 0 aliphatic carbocycles. The van der Waals surface area contributed by atoms with E-state index in [9.17, 15) is 4.39 Å². The van der Waals surface area contributed by atoms with Gasteiger partial charge in [0.2, 0.25) is 11.8 Å². The molecule has 0 spiro atoms. The van der Waals surface area contributed by atoms with Crippen LogP contribution in [0.2, 0.25) is 0 Å². The molecular formula is C23H26FN5O3. The van der Waals surface area contributed by atoms with Crippen LogP contribution in [0.1, 0.15) is 13.8 Å². The molecule has 1 aliphatic heterocycles. The predicted molar refractivity (Wildman–Crippen MR) is 120 cm³/mol. The number of rotatable bonds is 6. The van der Waals surface area contributed by atoms with E-state index in [1.807, 2.05) is 49.1 Å². The second-order valence-electron chi connectivity index (χ2n) is 7.66. The minimum absolute atomic E-state index is 0.0364. The average Bonchev–Trinajstić information content (AvgIpc) is 2.80. The van der Waals surface area contributed by atoms with Gasteiger partial charge in [0.15, 0.2) is 11.6 Å². The number of methoxy groups -OCH3 is 2. The maximum Gasteiger partial charge on any atom is 0.237 e. The molecule has 1 fully saturated rings. The summed E-state index contributed by atoms with van der Waals surface area (Å²) in [5.74, 6) is 1.01. The molecular weight excluding hydrogens is 413 g/mol. The third-order valence-electron chi connectivity index (χ3n) is 5.15. The first-order valence-corrected chi connectivity index (χ1v) is 10.3. The van der Waals surface area contributed by atoms with E-state index < -0.39 is 5.82 Å². The molecule has 168 valence electrons. The van der Waals surface area contributed by atoms with Crippen molar-refractivity contribution in [2.24, 2.45) is 0 Å². The first-order chi connectivity index (χ1) is 15.5. The summed E-state index contributed by atoms with van der Waals surface area (Å²) < 4.78 is 31.0. The van der Waals surface area contributed by atoms with Crippen LogP contribution >= 0.6 is 0 Å². The summed E-state index contributed by atoms with van der Waals surface area (Å²) in [4.78, 5) is 15.0. The maximum atomic E-state index is 14.6. The van der Waals surface area contributed by atoms with Crippen molar-refractivity contribution in [1.29, 1.82) is 0 Å². The normalized spacial score (nSPS) is 18.3. The zero-order valence-electron chi connectivity index (χ0n) is 18.5. The lowest BCUT2D eigenvalue weighted by Gasteiger charge is -2.35. The SMILES string of the molecule is COc1ccc(-c2cnc(OC)c(Nc3nc(N4C[C@@H](C)O[C@@H](C)C4)ncc3F)c2)cc1. The molecule has 0 bridgehead atoms. The molecule has 0 unspecified atom stereocenters. The quantitative estimate of drug-likeness (QED) is 0.616. The van der Waals surface area contributed by atoms with Crippen molar-refractivity contribution >= 4 is 17.5 Å². The Morgan fingerprint density at radius 2 is 1.72 bits per heavy atom. The highest BCUT2D eigenvalue weighted by Gasteiger charge is 2.25. The Morgan fingerprint density at radius 1 is 1.00 bits per heavy atom. The van der Waals surface area contributed by atoms with Gasteiger partial charge in [-0.3, -0.25) is 0 Å². The summed E-state index contributed by atoms with van der Waals surface area (Å²) in [6, 6.07) is 9.43. The van der Waals surface area contributed by atoms with Gasteiger partial charge in [-0.2, -0.15) is 4.98 Å². The van der Waals surface area contributed by atoms with Gasteiger partial charge in [-0.15, -0.1) is 0 Å². The van der Waals surface area contributed by atoms with E-state index in [4.69, 9.17) is 14.2 Å². The molecule has 1 saturated heterocycles. The van der Waals surface area contributed by atoms with Gasteiger partial charge in [0.25, 0.3) is 0 Å². The Balaban J connectivity index is 1.64. The monoisotopic (exact) mass is 439 g/mol. The number of hydrogen-bond donors (Lipinski definition) is 1. The van der Waals surface area contributed by atoms with Crippen LogP contribution < -0.4 is 19.7 Å². The Bertz CT molecular complexity index is 1070. The Kier molecular flexibility index (Phi) is 6.36. The Morgan fingerprint density at radius 3 is 2.38 bits per heavy atom. The third-order valence-corrected chi connectivity index (χ3v) is 5.15. The number of ether oxygens (including phenoxy) is 3. The van der Waals surface area contributed by atoms with Crippen LogP contribution in [0.15, 0.2) is 42.7 Å². The molecule has 2 atom stereocenters. The number of anilines is 3. The van der Waals surface area contributed by atoms with E-state index in [2.05, 4.69) is 20.3 Å². The van der Waals surface area contributed by atoms with Crippen molar-refractivity contribution in [2.45, 2.75) is 26.1 Å². The lowest BCUT2D eigenvalue weighted by Crippen LogP contribution is -2.46. The molecule has 9 heteroatoms. The summed E-state index contributed by atoms with van der Waals surface area (Å²) in [6.45, 7) is 5.25. The minimum atomic E-state index is -0.569. The van der Waals surface area contributed by atoms with Gasteiger partial charge in [0.05, 0.1) is 32.6 Å². The van der Waals surface area contributed by atoms with Gasteiger partial charge < -0.3 is 24.4 Å². The van der Waals surface area contributed by atoms with Crippen LogP contribution in [-0.2, 0) is 4.74 Å². The first-order valence-electron chi connectivity index (χ1n) is 10.3. The maximum absolute atomic E-state index is 14.6.